The highest BCUT2D eigenvalue weighted by Crippen LogP contribution is 2.34. The second-order valence-corrected chi connectivity index (χ2v) is 10.3. The summed E-state index contributed by atoms with van der Waals surface area (Å²) in [6, 6.07) is 12.5. The molecule has 2 aromatic rings. The maximum absolute atomic E-state index is 12.1. The highest BCUT2D eigenvalue weighted by Gasteiger charge is 2.18. The maximum atomic E-state index is 12.1. The summed E-state index contributed by atoms with van der Waals surface area (Å²) < 4.78 is 0. The van der Waals surface area contributed by atoms with Gasteiger partial charge in [0.05, 0.1) is 17.1 Å². The Kier molecular flexibility index (Phi) is 7.46. The van der Waals surface area contributed by atoms with Crippen molar-refractivity contribution in [3.8, 4) is 0 Å². The van der Waals surface area contributed by atoms with Gasteiger partial charge in [0, 0.05) is 13.1 Å². The van der Waals surface area contributed by atoms with Crippen molar-refractivity contribution in [1.29, 1.82) is 0 Å². The Morgan fingerprint density at radius 2 is 1.70 bits per heavy atom. The zero-order valence-electron chi connectivity index (χ0n) is 18.8. The van der Waals surface area contributed by atoms with Gasteiger partial charge >= 0.3 is 0 Å². The molecule has 3 rings (SSSR count). The Balaban J connectivity index is 1.60. The first-order chi connectivity index (χ1) is 14.2. The Morgan fingerprint density at radius 3 is 2.40 bits per heavy atom. The van der Waals surface area contributed by atoms with Gasteiger partial charge in [0.25, 0.3) is 0 Å². The maximum Gasteiger partial charge on any atom is 0.224 e. The quantitative estimate of drug-likeness (QED) is 0.542. The molecule has 2 N–H and O–H groups in total. The highest BCUT2D eigenvalue weighted by molar-refractivity contribution is 6.33. The van der Waals surface area contributed by atoms with Gasteiger partial charge in [-0.25, -0.2) is 0 Å². The van der Waals surface area contributed by atoms with Gasteiger partial charge in [-0.3, -0.25) is 4.79 Å². The van der Waals surface area contributed by atoms with Crippen LogP contribution in [0.2, 0.25) is 5.02 Å². The van der Waals surface area contributed by atoms with E-state index >= 15 is 0 Å². The first-order valence-electron chi connectivity index (χ1n) is 11.1. The Hall–Kier alpha value is -2.00. The molecule has 0 heterocycles. The first kappa shape index (κ1) is 22.7. The molecule has 1 amide bonds. The molecule has 0 saturated carbocycles. The molecule has 2 aromatic carbocycles. The zero-order chi connectivity index (χ0) is 21.7. The van der Waals surface area contributed by atoms with Crippen LogP contribution in [0.15, 0.2) is 36.4 Å². The summed E-state index contributed by atoms with van der Waals surface area (Å²) in [4.78, 5) is 12.1. The summed E-state index contributed by atoms with van der Waals surface area (Å²) in [7, 11) is 0. The van der Waals surface area contributed by atoms with E-state index in [9.17, 15) is 4.79 Å². The van der Waals surface area contributed by atoms with E-state index in [1.165, 1.54) is 29.5 Å². The summed E-state index contributed by atoms with van der Waals surface area (Å²) in [5.41, 5.74) is 6.23. The van der Waals surface area contributed by atoms with Crippen LogP contribution in [0.25, 0.3) is 0 Å². The van der Waals surface area contributed by atoms with E-state index in [4.69, 9.17) is 11.6 Å². The normalized spacial score (nSPS) is 16.5. The third-order valence-corrected chi connectivity index (χ3v) is 6.14. The number of hydrogen-bond acceptors (Lipinski definition) is 2. The van der Waals surface area contributed by atoms with Gasteiger partial charge in [-0.1, -0.05) is 69.6 Å². The number of carbonyl (C=O) groups excluding carboxylic acids is 1. The Bertz CT molecular complexity index is 868. The number of amides is 1. The van der Waals surface area contributed by atoms with Crippen LogP contribution in [0.4, 0.5) is 5.69 Å². The van der Waals surface area contributed by atoms with Gasteiger partial charge < -0.3 is 10.6 Å². The molecule has 0 saturated heterocycles. The lowest BCUT2D eigenvalue weighted by Crippen LogP contribution is -2.33. The lowest BCUT2D eigenvalue weighted by atomic mass is 9.97. The van der Waals surface area contributed by atoms with Crippen molar-refractivity contribution in [3.05, 3.63) is 63.7 Å². The standard InChI is InChI=1S/C26H35ClN2O/c1-18-5-11-21-12-14-23(27)25(22(21)13-6-18)28-16-20-9-7-19(8-10-20)15-24(30)29-17-26(2,3)4/h7-10,12,14,18,28H,5-6,11,13,15-17H2,1-4H3,(H,29,30). The van der Waals surface area contributed by atoms with Gasteiger partial charge in [-0.05, 0) is 65.3 Å². The lowest BCUT2D eigenvalue weighted by Gasteiger charge is -2.18. The van der Waals surface area contributed by atoms with Crippen LogP contribution in [0, 0.1) is 11.3 Å². The van der Waals surface area contributed by atoms with Crippen molar-refractivity contribution in [2.45, 2.75) is 66.3 Å². The summed E-state index contributed by atoms with van der Waals surface area (Å²) in [6.45, 7) is 10.1. The molecule has 0 aromatic heterocycles. The molecule has 0 aliphatic heterocycles. The van der Waals surface area contributed by atoms with Crippen LogP contribution in [0.1, 0.15) is 62.8 Å². The number of nitrogens with one attached hydrogen (secondary N) is 2. The van der Waals surface area contributed by atoms with E-state index in [0.29, 0.717) is 13.0 Å². The Labute approximate surface area is 186 Å². The van der Waals surface area contributed by atoms with Crippen molar-refractivity contribution < 1.29 is 4.79 Å². The summed E-state index contributed by atoms with van der Waals surface area (Å²) in [6.07, 6.45) is 5.10. The molecule has 162 valence electrons. The highest BCUT2D eigenvalue weighted by atomic mass is 35.5. The van der Waals surface area contributed by atoms with E-state index in [2.05, 4.69) is 56.5 Å². The van der Waals surface area contributed by atoms with Crippen LogP contribution in [-0.4, -0.2) is 12.5 Å². The number of carbonyl (C=O) groups is 1. The summed E-state index contributed by atoms with van der Waals surface area (Å²) in [5, 5.41) is 7.40. The molecule has 1 unspecified atom stereocenters. The molecule has 0 bridgehead atoms. The number of aryl methyl sites for hydroxylation is 1. The predicted molar refractivity (Wildman–Crippen MR) is 127 cm³/mol. The van der Waals surface area contributed by atoms with Crippen LogP contribution in [0.3, 0.4) is 0 Å². The molecule has 1 atom stereocenters. The number of hydrogen-bond donors (Lipinski definition) is 2. The molecule has 3 nitrogen and oxygen atoms in total. The summed E-state index contributed by atoms with van der Waals surface area (Å²) >= 11 is 6.55. The zero-order valence-corrected chi connectivity index (χ0v) is 19.5. The SMILES string of the molecule is CC1CCc2ccc(Cl)c(NCc3ccc(CC(=O)NCC(C)(C)C)cc3)c2CC1. The second-order valence-electron chi connectivity index (χ2n) is 9.93. The van der Waals surface area contributed by atoms with Crippen molar-refractivity contribution in [1.82, 2.24) is 5.32 Å². The molecule has 0 spiro atoms. The van der Waals surface area contributed by atoms with Crippen molar-refractivity contribution in [2.24, 2.45) is 11.3 Å². The van der Waals surface area contributed by atoms with Crippen LogP contribution in [0.5, 0.6) is 0 Å². The van der Waals surface area contributed by atoms with E-state index in [0.717, 1.165) is 41.6 Å². The fraction of sp³-hybridized carbons (Fsp3) is 0.500. The van der Waals surface area contributed by atoms with Gasteiger partial charge in [0.15, 0.2) is 0 Å². The topological polar surface area (TPSA) is 41.1 Å². The van der Waals surface area contributed by atoms with E-state index in [-0.39, 0.29) is 11.3 Å². The number of rotatable bonds is 6. The van der Waals surface area contributed by atoms with Crippen LogP contribution in [-0.2, 0) is 30.6 Å². The van der Waals surface area contributed by atoms with E-state index in [1.54, 1.807) is 0 Å². The van der Waals surface area contributed by atoms with E-state index in [1.807, 2.05) is 18.2 Å². The van der Waals surface area contributed by atoms with Crippen LogP contribution < -0.4 is 10.6 Å². The number of halogens is 1. The van der Waals surface area contributed by atoms with Gasteiger partial charge in [-0.15, -0.1) is 0 Å². The van der Waals surface area contributed by atoms with Gasteiger partial charge in [0.2, 0.25) is 5.91 Å². The van der Waals surface area contributed by atoms with Gasteiger partial charge in [-0.2, -0.15) is 0 Å². The minimum absolute atomic E-state index is 0.0730. The molecule has 1 aliphatic rings. The molecule has 0 radical (unpaired) electrons. The Morgan fingerprint density at radius 1 is 1.03 bits per heavy atom. The van der Waals surface area contributed by atoms with Crippen molar-refractivity contribution in [2.75, 3.05) is 11.9 Å². The number of benzene rings is 2. The predicted octanol–water partition coefficient (Wildman–Crippen LogP) is 6.17. The van der Waals surface area contributed by atoms with Crippen molar-refractivity contribution >= 4 is 23.2 Å². The monoisotopic (exact) mass is 426 g/mol. The lowest BCUT2D eigenvalue weighted by molar-refractivity contribution is -0.120. The fourth-order valence-electron chi connectivity index (χ4n) is 3.89. The number of fused-ring (bicyclic) bond motifs is 1. The molecule has 1 aliphatic carbocycles. The number of anilines is 1. The third kappa shape index (κ3) is 6.50. The van der Waals surface area contributed by atoms with E-state index < -0.39 is 0 Å². The molecule has 0 fully saturated rings. The first-order valence-corrected chi connectivity index (χ1v) is 11.5. The van der Waals surface area contributed by atoms with Crippen molar-refractivity contribution in [3.63, 3.8) is 0 Å². The second kappa shape index (κ2) is 9.87. The smallest absolute Gasteiger partial charge is 0.224 e. The minimum Gasteiger partial charge on any atom is -0.380 e. The van der Waals surface area contributed by atoms with Crippen LogP contribution >= 0.6 is 11.6 Å². The third-order valence-electron chi connectivity index (χ3n) is 5.83. The molecular weight excluding hydrogens is 392 g/mol. The molecule has 30 heavy (non-hydrogen) atoms. The largest absolute Gasteiger partial charge is 0.380 e. The molecule has 4 heteroatoms. The van der Waals surface area contributed by atoms with Gasteiger partial charge in [0.1, 0.15) is 0 Å². The fourth-order valence-corrected chi connectivity index (χ4v) is 4.13. The average molecular weight is 427 g/mol. The average Bonchev–Trinajstić information content (AvgIpc) is 2.88. The summed E-state index contributed by atoms with van der Waals surface area (Å²) in [5.74, 6) is 0.834. The minimum atomic E-state index is 0.0730. The molecular formula is C26H35ClN2O.